The lowest BCUT2D eigenvalue weighted by Gasteiger charge is -2.12. The highest BCUT2D eigenvalue weighted by atomic mass is 32.2. The van der Waals surface area contributed by atoms with Gasteiger partial charge in [0.25, 0.3) is 0 Å². The largest absolute Gasteiger partial charge is 0.331 e. The van der Waals surface area contributed by atoms with Gasteiger partial charge in [0.1, 0.15) is 0 Å². The summed E-state index contributed by atoms with van der Waals surface area (Å²) < 4.78 is 0. The van der Waals surface area contributed by atoms with Crippen LogP contribution in [0.3, 0.4) is 0 Å². The van der Waals surface area contributed by atoms with E-state index in [0.717, 1.165) is 18.4 Å². The summed E-state index contributed by atoms with van der Waals surface area (Å²) in [6.07, 6.45) is 3.57. The second-order valence-corrected chi connectivity index (χ2v) is 3.42. The molecule has 0 atom stereocenters. The van der Waals surface area contributed by atoms with Crippen molar-refractivity contribution in [1.82, 2.24) is 9.97 Å². The van der Waals surface area contributed by atoms with Crippen LogP contribution in [0.2, 0.25) is 0 Å². The fourth-order valence-corrected chi connectivity index (χ4v) is 1.97. The molecule has 0 saturated carbocycles. The quantitative estimate of drug-likeness (QED) is 0.623. The summed E-state index contributed by atoms with van der Waals surface area (Å²) in [6.45, 7) is 1.08. The minimum Gasteiger partial charge on any atom is -0.331 e. The Kier molecular flexibility index (Phi) is 1.94. The molecule has 1 aromatic heterocycles. The molecule has 11 heavy (non-hydrogen) atoms. The van der Waals surface area contributed by atoms with E-state index < -0.39 is 0 Å². The van der Waals surface area contributed by atoms with Gasteiger partial charge in [0, 0.05) is 24.7 Å². The predicted octanol–water partition coefficient (Wildman–Crippen LogP) is 0.987. The Morgan fingerprint density at radius 1 is 1.36 bits per heavy atom. The molecule has 4 heteroatoms. The van der Waals surface area contributed by atoms with E-state index in [-0.39, 0.29) is 0 Å². The molecule has 0 unspecified atom stereocenters. The molecule has 0 radical (unpaired) electrons. The summed E-state index contributed by atoms with van der Waals surface area (Å²) in [5.74, 6) is 3.08. The molecule has 0 spiro atoms. The smallest absolute Gasteiger partial charge is 0.225 e. The van der Waals surface area contributed by atoms with Crippen LogP contribution in [0, 0.1) is 0 Å². The van der Waals surface area contributed by atoms with Crippen molar-refractivity contribution in [3.63, 3.8) is 0 Å². The average Bonchev–Trinajstić information content (AvgIpc) is 2.58. The van der Waals surface area contributed by atoms with E-state index in [9.17, 15) is 0 Å². The van der Waals surface area contributed by atoms with Crippen molar-refractivity contribution >= 4 is 17.7 Å². The fraction of sp³-hybridized carbons (Fsp3) is 0.429. The highest BCUT2D eigenvalue weighted by molar-refractivity contribution is 7.99. The van der Waals surface area contributed by atoms with Crippen molar-refractivity contribution in [1.29, 1.82) is 0 Å². The molecule has 1 aliphatic heterocycles. The summed E-state index contributed by atoms with van der Waals surface area (Å²) in [7, 11) is 0. The van der Waals surface area contributed by atoms with E-state index in [1.807, 2.05) is 17.8 Å². The van der Waals surface area contributed by atoms with Crippen molar-refractivity contribution in [3.8, 4) is 0 Å². The summed E-state index contributed by atoms with van der Waals surface area (Å²) in [6, 6.07) is 1.84. The Labute approximate surface area is 69.8 Å². The molecule has 1 fully saturated rings. The van der Waals surface area contributed by atoms with Gasteiger partial charge in [0.05, 0.1) is 5.88 Å². The van der Waals surface area contributed by atoms with Gasteiger partial charge in [-0.1, -0.05) is 0 Å². The Balaban J connectivity index is 2.16. The normalized spacial score (nSPS) is 17.3. The number of hydrogen-bond acceptors (Lipinski definition) is 4. The first kappa shape index (κ1) is 6.91. The van der Waals surface area contributed by atoms with E-state index >= 15 is 0 Å². The first-order valence-electron chi connectivity index (χ1n) is 3.56. The zero-order valence-electron chi connectivity index (χ0n) is 6.10. The number of aromatic nitrogens is 2. The lowest BCUT2D eigenvalue weighted by atomic mass is 10.6. The molecule has 0 amide bonds. The molecule has 0 bridgehead atoms. The minimum atomic E-state index is 0.859. The maximum atomic E-state index is 4.16. The standard InChI is InChI=1S/C7H9N3S/c1-2-8-7(9-3-1)10-4-5-11-6-10/h1-3H,4-6H2. The van der Waals surface area contributed by atoms with Gasteiger partial charge >= 0.3 is 0 Å². The highest BCUT2D eigenvalue weighted by Crippen LogP contribution is 2.17. The number of thioether (sulfide) groups is 1. The van der Waals surface area contributed by atoms with Crippen LogP contribution in [0.5, 0.6) is 0 Å². The summed E-state index contributed by atoms with van der Waals surface area (Å²) in [5.41, 5.74) is 0. The summed E-state index contributed by atoms with van der Waals surface area (Å²) in [5, 5.41) is 0. The van der Waals surface area contributed by atoms with Gasteiger partial charge in [-0.25, -0.2) is 9.97 Å². The zero-order valence-corrected chi connectivity index (χ0v) is 6.92. The van der Waals surface area contributed by atoms with Crippen LogP contribution in [0.4, 0.5) is 5.95 Å². The maximum Gasteiger partial charge on any atom is 0.225 e. The van der Waals surface area contributed by atoms with Gasteiger partial charge in [0.2, 0.25) is 5.95 Å². The molecule has 2 heterocycles. The van der Waals surface area contributed by atoms with Crippen LogP contribution in [0.1, 0.15) is 0 Å². The van der Waals surface area contributed by atoms with Crippen molar-refractivity contribution in [2.75, 3.05) is 23.1 Å². The fourth-order valence-electron chi connectivity index (χ4n) is 1.03. The Morgan fingerprint density at radius 3 is 2.82 bits per heavy atom. The van der Waals surface area contributed by atoms with E-state index in [0.29, 0.717) is 0 Å². The van der Waals surface area contributed by atoms with Gasteiger partial charge < -0.3 is 4.90 Å². The van der Waals surface area contributed by atoms with Crippen LogP contribution < -0.4 is 4.90 Å². The third kappa shape index (κ3) is 1.45. The van der Waals surface area contributed by atoms with Gasteiger partial charge in [-0.05, 0) is 6.07 Å². The molecular formula is C7H9N3S. The topological polar surface area (TPSA) is 29.0 Å². The molecule has 1 saturated heterocycles. The van der Waals surface area contributed by atoms with Gasteiger partial charge in [-0.2, -0.15) is 0 Å². The number of hydrogen-bond donors (Lipinski definition) is 0. The summed E-state index contributed by atoms with van der Waals surface area (Å²) >= 11 is 1.92. The number of nitrogens with zero attached hydrogens (tertiary/aromatic N) is 3. The van der Waals surface area contributed by atoms with Crippen molar-refractivity contribution in [2.24, 2.45) is 0 Å². The molecule has 0 aliphatic carbocycles. The Bertz CT molecular complexity index is 220. The lowest BCUT2D eigenvalue weighted by molar-refractivity contribution is 0.917. The molecule has 0 aromatic carbocycles. The van der Waals surface area contributed by atoms with Gasteiger partial charge in [-0.15, -0.1) is 11.8 Å². The molecule has 1 aromatic rings. The molecule has 1 aliphatic rings. The SMILES string of the molecule is c1cnc(N2CCSC2)nc1. The predicted molar refractivity (Wildman–Crippen MR) is 46.7 cm³/mol. The van der Waals surface area contributed by atoms with E-state index in [4.69, 9.17) is 0 Å². The van der Waals surface area contributed by atoms with Crippen molar-refractivity contribution < 1.29 is 0 Å². The molecule has 0 N–H and O–H groups in total. The Hall–Kier alpha value is -0.770. The van der Waals surface area contributed by atoms with Gasteiger partial charge in [-0.3, -0.25) is 0 Å². The minimum absolute atomic E-state index is 0.859. The van der Waals surface area contributed by atoms with Crippen molar-refractivity contribution in [2.45, 2.75) is 0 Å². The van der Waals surface area contributed by atoms with Crippen LogP contribution in [-0.4, -0.2) is 28.1 Å². The first-order valence-corrected chi connectivity index (χ1v) is 4.72. The van der Waals surface area contributed by atoms with E-state index in [1.54, 1.807) is 12.4 Å². The molecular weight excluding hydrogens is 158 g/mol. The van der Waals surface area contributed by atoms with E-state index in [2.05, 4.69) is 14.9 Å². The molecule has 2 rings (SSSR count). The molecule has 58 valence electrons. The maximum absolute atomic E-state index is 4.16. The van der Waals surface area contributed by atoms with E-state index in [1.165, 1.54) is 5.75 Å². The Morgan fingerprint density at radius 2 is 2.18 bits per heavy atom. The second-order valence-electron chi connectivity index (χ2n) is 2.35. The van der Waals surface area contributed by atoms with Crippen LogP contribution in [0.25, 0.3) is 0 Å². The first-order chi connectivity index (χ1) is 5.47. The highest BCUT2D eigenvalue weighted by Gasteiger charge is 2.13. The summed E-state index contributed by atoms with van der Waals surface area (Å²) in [4.78, 5) is 10.5. The second kappa shape index (κ2) is 3.09. The van der Waals surface area contributed by atoms with Gasteiger partial charge in [0.15, 0.2) is 0 Å². The van der Waals surface area contributed by atoms with Crippen LogP contribution >= 0.6 is 11.8 Å². The van der Waals surface area contributed by atoms with Crippen LogP contribution in [-0.2, 0) is 0 Å². The number of anilines is 1. The van der Waals surface area contributed by atoms with Crippen molar-refractivity contribution in [3.05, 3.63) is 18.5 Å². The lowest BCUT2D eigenvalue weighted by Crippen LogP contribution is -2.20. The number of rotatable bonds is 1. The van der Waals surface area contributed by atoms with Crippen LogP contribution in [0.15, 0.2) is 18.5 Å². The average molecular weight is 167 g/mol. The monoisotopic (exact) mass is 167 g/mol. The third-order valence-corrected chi connectivity index (χ3v) is 2.55. The third-order valence-electron chi connectivity index (χ3n) is 1.59. The zero-order chi connectivity index (χ0) is 7.52. The molecule has 3 nitrogen and oxygen atoms in total.